The second-order valence-electron chi connectivity index (χ2n) is 5.34. The maximum Gasteiger partial charge on any atom is 0.00385 e. The summed E-state index contributed by atoms with van der Waals surface area (Å²) in [6, 6.07) is 0.685. The predicted octanol–water partition coefficient (Wildman–Crippen LogP) is 4.19. The summed E-state index contributed by atoms with van der Waals surface area (Å²) in [7, 11) is 0. The second kappa shape index (κ2) is 6.80. The molecule has 0 saturated carbocycles. The van der Waals surface area contributed by atoms with Gasteiger partial charge >= 0.3 is 0 Å². The van der Waals surface area contributed by atoms with Gasteiger partial charge in [0.25, 0.3) is 0 Å². The zero-order valence-corrected chi connectivity index (χ0v) is 11.9. The van der Waals surface area contributed by atoms with E-state index in [0.717, 1.165) is 0 Å². The Labute approximate surface area is 107 Å². The molecule has 0 unspecified atom stereocenters. The minimum atomic E-state index is 0.685. The standard InChI is InChI=1S/C16H27N/c1-6-14(4)7-8-15(5)16-9-11-17(12-10-16)13(2)3/h6-8,13,16H,5,9-12H2,1-4H3. The van der Waals surface area contributed by atoms with Crippen molar-refractivity contribution >= 4 is 0 Å². The summed E-state index contributed by atoms with van der Waals surface area (Å²) in [6.45, 7) is 15.4. The number of nitrogens with zero attached hydrogens (tertiary/aromatic N) is 1. The molecule has 96 valence electrons. The fourth-order valence-electron chi connectivity index (χ4n) is 2.26. The minimum absolute atomic E-state index is 0.685. The van der Waals surface area contributed by atoms with Crippen molar-refractivity contribution < 1.29 is 0 Å². The topological polar surface area (TPSA) is 3.24 Å². The highest BCUT2D eigenvalue weighted by Gasteiger charge is 2.21. The zero-order chi connectivity index (χ0) is 12.8. The van der Waals surface area contributed by atoms with Crippen LogP contribution in [0.25, 0.3) is 0 Å². The van der Waals surface area contributed by atoms with Crippen LogP contribution >= 0.6 is 0 Å². The molecule has 0 N–H and O–H groups in total. The molecular weight excluding hydrogens is 206 g/mol. The van der Waals surface area contributed by atoms with Gasteiger partial charge in [-0.2, -0.15) is 0 Å². The molecule has 0 amide bonds. The van der Waals surface area contributed by atoms with Crippen LogP contribution in [0.4, 0.5) is 0 Å². The van der Waals surface area contributed by atoms with Crippen molar-refractivity contribution in [2.45, 2.75) is 46.6 Å². The zero-order valence-electron chi connectivity index (χ0n) is 11.9. The number of rotatable bonds is 4. The first kappa shape index (κ1) is 14.2. The molecular formula is C16H27N. The van der Waals surface area contributed by atoms with E-state index in [1.54, 1.807) is 0 Å². The van der Waals surface area contributed by atoms with Gasteiger partial charge in [-0.3, -0.25) is 0 Å². The molecule has 0 radical (unpaired) electrons. The molecule has 1 aliphatic rings. The van der Waals surface area contributed by atoms with Crippen molar-refractivity contribution in [2.75, 3.05) is 13.1 Å². The third-order valence-corrected chi connectivity index (χ3v) is 3.80. The third-order valence-electron chi connectivity index (χ3n) is 3.80. The van der Waals surface area contributed by atoms with Crippen LogP contribution in [0.2, 0.25) is 0 Å². The van der Waals surface area contributed by atoms with E-state index >= 15 is 0 Å². The Bertz CT molecular complexity index is 301. The maximum atomic E-state index is 4.22. The van der Waals surface area contributed by atoms with Crippen LogP contribution in [-0.4, -0.2) is 24.0 Å². The van der Waals surface area contributed by atoms with E-state index in [1.165, 1.54) is 37.1 Å². The van der Waals surface area contributed by atoms with Crippen molar-refractivity contribution in [1.29, 1.82) is 0 Å². The Balaban J connectivity index is 2.44. The third kappa shape index (κ3) is 4.51. The molecule has 1 aliphatic heterocycles. The van der Waals surface area contributed by atoms with Crippen LogP contribution < -0.4 is 0 Å². The summed E-state index contributed by atoms with van der Waals surface area (Å²) in [5, 5.41) is 0. The van der Waals surface area contributed by atoms with Crippen molar-refractivity contribution in [1.82, 2.24) is 4.90 Å². The van der Waals surface area contributed by atoms with E-state index in [1.807, 2.05) is 0 Å². The van der Waals surface area contributed by atoms with E-state index in [4.69, 9.17) is 0 Å². The lowest BCUT2D eigenvalue weighted by atomic mass is 9.89. The van der Waals surface area contributed by atoms with E-state index in [0.29, 0.717) is 12.0 Å². The number of piperidine rings is 1. The highest BCUT2D eigenvalue weighted by atomic mass is 15.1. The SMILES string of the molecule is C=C(C=CC(C)=CC)C1CCN(C(C)C)CC1. The Morgan fingerprint density at radius 2 is 1.82 bits per heavy atom. The van der Waals surface area contributed by atoms with Crippen molar-refractivity contribution in [3.8, 4) is 0 Å². The monoisotopic (exact) mass is 233 g/mol. The van der Waals surface area contributed by atoms with Crippen LogP contribution in [0.1, 0.15) is 40.5 Å². The maximum absolute atomic E-state index is 4.22. The van der Waals surface area contributed by atoms with E-state index in [9.17, 15) is 0 Å². The van der Waals surface area contributed by atoms with Crippen LogP contribution in [0, 0.1) is 5.92 Å². The molecule has 0 bridgehead atoms. The lowest BCUT2D eigenvalue weighted by Gasteiger charge is -2.34. The van der Waals surface area contributed by atoms with Gasteiger partial charge in [0.2, 0.25) is 0 Å². The van der Waals surface area contributed by atoms with E-state index in [-0.39, 0.29) is 0 Å². The highest BCUT2D eigenvalue weighted by molar-refractivity contribution is 5.26. The molecule has 1 fully saturated rings. The second-order valence-corrected chi connectivity index (χ2v) is 5.34. The van der Waals surface area contributed by atoms with Crippen LogP contribution in [0.15, 0.2) is 36.0 Å². The quantitative estimate of drug-likeness (QED) is 0.658. The first-order chi connectivity index (χ1) is 8.04. The van der Waals surface area contributed by atoms with Gasteiger partial charge in [-0.05, 0) is 59.5 Å². The van der Waals surface area contributed by atoms with Gasteiger partial charge in [0.1, 0.15) is 0 Å². The normalized spacial score (nSPS) is 20.4. The molecule has 1 saturated heterocycles. The molecule has 0 aromatic carbocycles. The first-order valence-corrected chi connectivity index (χ1v) is 6.78. The lowest BCUT2D eigenvalue weighted by Crippen LogP contribution is -2.38. The van der Waals surface area contributed by atoms with Crippen molar-refractivity contribution in [2.24, 2.45) is 5.92 Å². The van der Waals surface area contributed by atoms with Crippen molar-refractivity contribution in [3.63, 3.8) is 0 Å². The Kier molecular flexibility index (Phi) is 5.70. The summed E-state index contributed by atoms with van der Waals surface area (Å²) < 4.78 is 0. The van der Waals surface area contributed by atoms with E-state index < -0.39 is 0 Å². The van der Waals surface area contributed by atoms with E-state index in [2.05, 4.69) is 57.4 Å². The number of hydrogen-bond donors (Lipinski definition) is 0. The minimum Gasteiger partial charge on any atom is -0.301 e. The number of allylic oxidation sites excluding steroid dienone is 5. The molecule has 0 aromatic rings. The summed E-state index contributed by atoms with van der Waals surface area (Å²) >= 11 is 0. The number of hydrogen-bond acceptors (Lipinski definition) is 1. The molecule has 0 spiro atoms. The number of likely N-dealkylation sites (tertiary alicyclic amines) is 1. The molecule has 0 aromatic heterocycles. The molecule has 1 heteroatoms. The fraction of sp³-hybridized carbons (Fsp3) is 0.625. The Morgan fingerprint density at radius 1 is 1.24 bits per heavy atom. The summed E-state index contributed by atoms with van der Waals surface area (Å²) in [5.74, 6) is 0.686. The molecule has 1 rings (SSSR count). The van der Waals surface area contributed by atoms with Crippen LogP contribution in [0.5, 0.6) is 0 Å². The Morgan fingerprint density at radius 3 is 2.29 bits per heavy atom. The Hall–Kier alpha value is -0.820. The lowest BCUT2D eigenvalue weighted by molar-refractivity contribution is 0.162. The molecule has 1 nitrogen and oxygen atoms in total. The largest absolute Gasteiger partial charge is 0.301 e. The summed E-state index contributed by atoms with van der Waals surface area (Å²) in [5.41, 5.74) is 2.61. The average molecular weight is 233 g/mol. The van der Waals surface area contributed by atoms with Crippen LogP contribution in [-0.2, 0) is 0 Å². The first-order valence-electron chi connectivity index (χ1n) is 6.78. The molecule has 0 atom stereocenters. The van der Waals surface area contributed by atoms with Gasteiger partial charge < -0.3 is 4.90 Å². The average Bonchev–Trinajstić information content (AvgIpc) is 2.35. The molecule has 17 heavy (non-hydrogen) atoms. The van der Waals surface area contributed by atoms with Crippen LogP contribution in [0.3, 0.4) is 0 Å². The van der Waals surface area contributed by atoms with Gasteiger partial charge in [-0.1, -0.05) is 36.0 Å². The predicted molar refractivity (Wildman–Crippen MR) is 77.1 cm³/mol. The van der Waals surface area contributed by atoms with Gasteiger partial charge in [-0.25, -0.2) is 0 Å². The fourth-order valence-corrected chi connectivity index (χ4v) is 2.26. The summed E-state index contributed by atoms with van der Waals surface area (Å²) in [6.07, 6.45) is 9.03. The van der Waals surface area contributed by atoms with Gasteiger partial charge in [0.05, 0.1) is 0 Å². The molecule has 0 aliphatic carbocycles. The molecule has 1 heterocycles. The van der Waals surface area contributed by atoms with Gasteiger partial charge in [0, 0.05) is 6.04 Å². The highest BCUT2D eigenvalue weighted by Crippen LogP contribution is 2.25. The summed E-state index contributed by atoms with van der Waals surface area (Å²) in [4.78, 5) is 2.56. The van der Waals surface area contributed by atoms with Gasteiger partial charge in [-0.15, -0.1) is 0 Å². The van der Waals surface area contributed by atoms with Crippen molar-refractivity contribution in [3.05, 3.63) is 36.0 Å². The van der Waals surface area contributed by atoms with Gasteiger partial charge in [0.15, 0.2) is 0 Å². The smallest absolute Gasteiger partial charge is 0.00385 e.